The Hall–Kier alpha value is -1.16. The standard InChI is InChI=1S/C17H29N3O/c1-5-12-18-14-7-13-19-15(20-14)17(21-6-2)10-8-16(3,4)9-11-17/h7,13H,5-6,8-12H2,1-4H3,(H,18,19,20). The van der Waals surface area contributed by atoms with Crippen LogP contribution in [0.25, 0.3) is 0 Å². The third-order valence-corrected chi connectivity index (χ3v) is 4.45. The molecule has 21 heavy (non-hydrogen) atoms. The highest BCUT2D eigenvalue weighted by Crippen LogP contribution is 2.46. The van der Waals surface area contributed by atoms with Gasteiger partial charge in [0.15, 0.2) is 5.82 Å². The molecule has 4 nitrogen and oxygen atoms in total. The number of aromatic nitrogens is 2. The molecule has 4 heteroatoms. The van der Waals surface area contributed by atoms with Crippen LogP contribution >= 0.6 is 0 Å². The fourth-order valence-electron chi connectivity index (χ4n) is 2.97. The summed E-state index contributed by atoms with van der Waals surface area (Å²) in [7, 11) is 0. The first-order chi connectivity index (χ1) is 10.0. The fraction of sp³-hybridized carbons (Fsp3) is 0.765. The molecule has 0 aliphatic heterocycles. The number of rotatable bonds is 6. The van der Waals surface area contributed by atoms with Crippen LogP contribution in [0.4, 0.5) is 5.82 Å². The van der Waals surface area contributed by atoms with E-state index >= 15 is 0 Å². The lowest BCUT2D eigenvalue weighted by Crippen LogP contribution is -2.39. The van der Waals surface area contributed by atoms with E-state index in [1.807, 2.05) is 12.3 Å². The number of hydrogen-bond donors (Lipinski definition) is 1. The molecular weight excluding hydrogens is 262 g/mol. The molecule has 0 radical (unpaired) electrons. The monoisotopic (exact) mass is 291 g/mol. The number of nitrogens with one attached hydrogen (secondary N) is 1. The zero-order chi connectivity index (χ0) is 15.3. The molecule has 0 atom stereocenters. The molecule has 1 fully saturated rings. The average Bonchev–Trinajstić information content (AvgIpc) is 2.48. The van der Waals surface area contributed by atoms with E-state index < -0.39 is 0 Å². The van der Waals surface area contributed by atoms with E-state index in [-0.39, 0.29) is 5.60 Å². The molecule has 0 saturated heterocycles. The van der Waals surface area contributed by atoms with E-state index in [1.165, 1.54) is 0 Å². The van der Waals surface area contributed by atoms with Gasteiger partial charge in [0.05, 0.1) is 0 Å². The highest BCUT2D eigenvalue weighted by Gasteiger charge is 2.42. The molecule has 1 heterocycles. The van der Waals surface area contributed by atoms with Gasteiger partial charge in [-0.05, 0) is 50.5 Å². The van der Waals surface area contributed by atoms with E-state index in [9.17, 15) is 0 Å². The summed E-state index contributed by atoms with van der Waals surface area (Å²) >= 11 is 0. The predicted octanol–water partition coefficient (Wildman–Crippen LogP) is 4.13. The van der Waals surface area contributed by atoms with Gasteiger partial charge in [-0.15, -0.1) is 0 Å². The summed E-state index contributed by atoms with van der Waals surface area (Å²) < 4.78 is 6.16. The molecule has 0 bridgehead atoms. The van der Waals surface area contributed by atoms with E-state index in [1.54, 1.807) is 0 Å². The number of hydrogen-bond acceptors (Lipinski definition) is 4. The van der Waals surface area contributed by atoms with Crippen LogP contribution in [0.15, 0.2) is 12.3 Å². The van der Waals surface area contributed by atoms with Crippen LogP contribution in [0.5, 0.6) is 0 Å². The van der Waals surface area contributed by atoms with Gasteiger partial charge in [-0.2, -0.15) is 0 Å². The molecule has 2 rings (SSSR count). The smallest absolute Gasteiger partial charge is 0.162 e. The second-order valence-electron chi connectivity index (χ2n) is 6.78. The van der Waals surface area contributed by atoms with Gasteiger partial charge < -0.3 is 10.1 Å². The molecule has 1 N–H and O–H groups in total. The summed E-state index contributed by atoms with van der Waals surface area (Å²) in [5.74, 6) is 1.76. The third kappa shape index (κ3) is 3.94. The zero-order valence-corrected chi connectivity index (χ0v) is 13.9. The Morgan fingerprint density at radius 3 is 2.52 bits per heavy atom. The van der Waals surface area contributed by atoms with E-state index in [4.69, 9.17) is 9.72 Å². The first-order valence-electron chi connectivity index (χ1n) is 8.23. The lowest BCUT2D eigenvalue weighted by molar-refractivity contribution is -0.0947. The summed E-state index contributed by atoms with van der Waals surface area (Å²) in [5, 5.41) is 3.34. The second-order valence-corrected chi connectivity index (χ2v) is 6.78. The molecule has 0 aromatic carbocycles. The minimum Gasteiger partial charge on any atom is -0.370 e. The van der Waals surface area contributed by atoms with Gasteiger partial charge in [0.25, 0.3) is 0 Å². The Bertz CT molecular complexity index is 449. The summed E-state index contributed by atoms with van der Waals surface area (Å²) in [5.41, 5.74) is 0.104. The average molecular weight is 291 g/mol. The van der Waals surface area contributed by atoms with Crippen LogP contribution < -0.4 is 5.32 Å². The Labute approximate surface area is 128 Å². The van der Waals surface area contributed by atoms with Gasteiger partial charge in [0.1, 0.15) is 11.4 Å². The lowest BCUT2D eigenvalue weighted by atomic mass is 9.70. The summed E-state index contributed by atoms with van der Waals surface area (Å²) in [6, 6.07) is 1.94. The van der Waals surface area contributed by atoms with Crippen LogP contribution in [0, 0.1) is 5.41 Å². The SMILES string of the molecule is CCCNc1ccnc(C2(OCC)CCC(C)(C)CC2)n1. The molecule has 0 spiro atoms. The van der Waals surface area contributed by atoms with Crippen molar-refractivity contribution in [2.75, 3.05) is 18.5 Å². The molecule has 1 aromatic rings. The van der Waals surface area contributed by atoms with Crippen LogP contribution in [-0.2, 0) is 10.3 Å². The maximum Gasteiger partial charge on any atom is 0.162 e. The fourth-order valence-corrected chi connectivity index (χ4v) is 2.97. The van der Waals surface area contributed by atoms with Gasteiger partial charge in [0.2, 0.25) is 0 Å². The van der Waals surface area contributed by atoms with Gasteiger partial charge >= 0.3 is 0 Å². The highest BCUT2D eigenvalue weighted by molar-refractivity contribution is 5.33. The van der Waals surface area contributed by atoms with Crippen molar-refractivity contribution in [3.05, 3.63) is 18.1 Å². The largest absolute Gasteiger partial charge is 0.370 e. The number of nitrogens with zero attached hydrogens (tertiary/aromatic N) is 2. The number of anilines is 1. The maximum absolute atomic E-state index is 6.16. The van der Waals surface area contributed by atoms with Crippen molar-refractivity contribution in [1.82, 2.24) is 9.97 Å². The quantitative estimate of drug-likeness (QED) is 0.856. The molecule has 1 aliphatic carbocycles. The molecule has 1 saturated carbocycles. The first kappa shape index (κ1) is 16.2. The van der Waals surface area contributed by atoms with Crippen LogP contribution in [0.2, 0.25) is 0 Å². The van der Waals surface area contributed by atoms with Gasteiger partial charge in [-0.25, -0.2) is 9.97 Å². The van der Waals surface area contributed by atoms with Crippen molar-refractivity contribution in [2.45, 2.75) is 65.4 Å². The summed E-state index contributed by atoms with van der Waals surface area (Å²) in [6.07, 6.45) is 7.26. The molecule has 1 aliphatic rings. The van der Waals surface area contributed by atoms with Crippen molar-refractivity contribution >= 4 is 5.82 Å². The molecule has 0 unspecified atom stereocenters. The zero-order valence-electron chi connectivity index (χ0n) is 13.9. The van der Waals surface area contributed by atoms with Crippen LogP contribution in [0.3, 0.4) is 0 Å². The predicted molar refractivity (Wildman–Crippen MR) is 86.4 cm³/mol. The molecule has 118 valence electrons. The van der Waals surface area contributed by atoms with E-state index in [0.717, 1.165) is 50.3 Å². The van der Waals surface area contributed by atoms with E-state index in [0.29, 0.717) is 12.0 Å². The molecular formula is C17H29N3O. The van der Waals surface area contributed by atoms with Crippen molar-refractivity contribution in [2.24, 2.45) is 5.41 Å². The number of ether oxygens (including phenoxy) is 1. The van der Waals surface area contributed by atoms with E-state index in [2.05, 4.69) is 38.0 Å². The topological polar surface area (TPSA) is 47.0 Å². The minimum absolute atomic E-state index is 0.297. The molecule has 0 amide bonds. The molecule has 1 aromatic heterocycles. The Morgan fingerprint density at radius 1 is 1.19 bits per heavy atom. The van der Waals surface area contributed by atoms with Crippen LogP contribution in [0.1, 0.15) is 65.6 Å². The third-order valence-electron chi connectivity index (χ3n) is 4.45. The Kier molecular flexibility index (Phi) is 5.20. The first-order valence-corrected chi connectivity index (χ1v) is 8.23. The van der Waals surface area contributed by atoms with Gasteiger partial charge in [-0.3, -0.25) is 0 Å². The normalized spacial score (nSPS) is 20.2. The van der Waals surface area contributed by atoms with Gasteiger partial charge in [-0.1, -0.05) is 20.8 Å². The highest BCUT2D eigenvalue weighted by atomic mass is 16.5. The minimum atomic E-state index is -0.297. The Balaban J connectivity index is 2.22. The lowest BCUT2D eigenvalue weighted by Gasteiger charge is -2.42. The van der Waals surface area contributed by atoms with Gasteiger partial charge in [0, 0.05) is 19.3 Å². The summed E-state index contributed by atoms with van der Waals surface area (Å²) in [4.78, 5) is 9.26. The summed E-state index contributed by atoms with van der Waals surface area (Å²) in [6.45, 7) is 10.5. The van der Waals surface area contributed by atoms with Crippen molar-refractivity contribution in [3.8, 4) is 0 Å². The van der Waals surface area contributed by atoms with Crippen molar-refractivity contribution < 1.29 is 4.74 Å². The maximum atomic E-state index is 6.16. The van der Waals surface area contributed by atoms with Crippen molar-refractivity contribution in [3.63, 3.8) is 0 Å². The van der Waals surface area contributed by atoms with Crippen molar-refractivity contribution in [1.29, 1.82) is 0 Å². The Morgan fingerprint density at radius 2 is 1.90 bits per heavy atom. The van der Waals surface area contributed by atoms with Crippen LogP contribution in [-0.4, -0.2) is 23.1 Å². The second kappa shape index (κ2) is 6.73.